The molecule has 2 fully saturated rings. The van der Waals surface area contributed by atoms with Crippen LogP contribution in [0, 0.1) is 5.92 Å². The molecule has 1 aromatic carbocycles. The van der Waals surface area contributed by atoms with Crippen LogP contribution in [-0.4, -0.2) is 59.4 Å². The van der Waals surface area contributed by atoms with Crippen LogP contribution in [0.15, 0.2) is 18.2 Å². The molecule has 0 bridgehead atoms. The summed E-state index contributed by atoms with van der Waals surface area (Å²) in [6, 6.07) is 6.40. The molecule has 5 rings (SSSR count). The minimum absolute atomic E-state index is 0.0833. The summed E-state index contributed by atoms with van der Waals surface area (Å²) in [5, 5.41) is 11.0. The number of hydrogen-bond acceptors (Lipinski definition) is 6. The van der Waals surface area contributed by atoms with Gasteiger partial charge in [-0.15, -0.1) is 0 Å². The van der Waals surface area contributed by atoms with Crippen molar-refractivity contribution in [2.24, 2.45) is 5.92 Å². The number of rotatable bonds is 10. The van der Waals surface area contributed by atoms with Gasteiger partial charge in [0.1, 0.15) is 11.4 Å². The third kappa shape index (κ3) is 5.00. The van der Waals surface area contributed by atoms with Crippen molar-refractivity contribution in [3.05, 3.63) is 40.6 Å². The molecule has 1 atom stereocenters. The van der Waals surface area contributed by atoms with E-state index in [2.05, 4.69) is 47.6 Å². The summed E-state index contributed by atoms with van der Waals surface area (Å²) in [5.74, 6) is 1.36. The van der Waals surface area contributed by atoms with Crippen LogP contribution in [0.2, 0.25) is 0 Å². The van der Waals surface area contributed by atoms with E-state index in [9.17, 15) is 9.59 Å². The number of hydrogen-bond donors (Lipinski definition) is 2. The first-order valence-electron chi connectivity index (χ1n) is 13.0. The van der Waals surface area contributed by atoms with Gasteiger partial charge in [-0.25, -0.2) is 4.68 Å². The van der Waals surface area contributed by atoms with Crippen molar-refractivity contribution in [1.29, 1.82) is 0 Å². The minimum atomic E-state index is -0.164. The SMILES string of the molecule is CCc1cc(N2CC(C)(OC)C2)ccc1C1Cc2nn(CCC3CC3)c(NC(=O)CSC)c2C(=O)N1. The Morgan fingerprint density at radius 1 is 1.33 bits per heavy atom. The molecule has 1 saturated heterocycles. The lowest BCUT2D eigenvalue weighted by molar-refractivity contribution is -0.113. The first-order chi connectivity index (χ1) is 17.3. The minimum Gasteiger partial charge on any atom is -0.375 e. The molecule has 1 saturated carbocycles. The van der Waals surface area contributed by atoms with Gasteiger partial charge in [0.05, 0.1) is 23.1 Å². The van der Waals surface area contributed by atoms with E-state index in [4.69, 9.17) is 9.84 Å². The Morgan fingerprint density at radius 2 is 2.11 bits per heavy atom. The van der Waals surface area contributed by atoms with Gasteiger partial charge in [0, 0.05) is 38.9 Å². The summed E-state index contributed by atoms with van der Waals surface area (Å²) in [6.07, 6.45) is 6.93. The fourth-order valence-electron chi connectivity index (χ4n) is 5.36. The molecule has 0 spiro atoms. The van der Waals surface area contributed by atoms with Gasteiger partial charge in [-0.1, -0.05) is 25.8 Å². The number of carbonyl (C=O) groups excluding carboxylic acids is 2. The molecule has 1 aromatic heterocycles. The lowest BCUT2D eigenvalue weighted by Crippen LogP contribution is -2.61. The molecule has 36 heavy (non-hydrogen) atoms. The van der Waals surface area contributed by atoms with Gasteiger partial charge < -0.3 is 20.3 Å². The van der Waals surface area contributed by atoms with Crippen LogP contribution in [0.3, 0.4) is 0 Å². The number of methoxy groups -OCH3 is 1. The van der Waals surface area contributed by atoms with E-state index >= 15 is 0 Å². The predicted molar refractivity (Wildman–Crippen MR) is 144 cm³/mol. The van der Waals surface area contributed by atoms with E-state index in [1.807, 2.05) is 10.9 Å². The average Bonchev–Trinajstić information content (AvgIpc) is 3.61. The molecule has 2 aliphatic heterocycles. The second-order valence-electron chi connectivity index (χ2n) is 10.6. The van der Waals surface area contributed by atoms with E-state index in [1.54, 1.807) is 7.11 Å². The van der Waals surface area contributed by atoms with Crippen molar-refractivity contribution in [2.75, 3.05) is 42.4 Å². The summed E-state index contributed by atoms with van der Waals surface area (Å²) in [7, 11) is 1.77. The number of nitrogens with one attached hydrogen (secondary N) is 2. The Bertz CT molecular complexity index is 1150. The van der Waals surface area contributed by atoms with Crippen LogP contribution in [-0.2, 0) is 28.9 Å². The first kappa shape index (κ1) is 25.1. The van der Waals surface area contributed by atoms with Crippen molar-refractivity contribution in [3.8, 4) is 0 Å². The molecular weight excluding hydrogens is 474 g/mol. The van der Waals surface area contributed by atoms with Crippen LogP contribution in [0.5, 0.6) is 0 Å². The number of anilines is 2. The highest BCUT2D eigenvalue weighted by molar-refractivity contribution is 7.99. The molecule has 2 amide bonds. The van der Waals surface area contributed by atoms with Crippen molar-refractivity contribution in [1.82, 2.24) is 15.1 Å². The summed E-state index contributed by atoms with van der Waals surface area (Å²) in [4.78, 5) is 28.1. The Balaban J connectivity index is 1.39. The van der Waals surface area contributed by atoms with Crippen LogP contribution < -0.4 is 15.5 Å². The molecule has 8 nitrogen and oxygen atoms in total. The second kappa shape index (κ2) is 10.1. The zero-order valence-electron chi connectivity index (χ0n) is 21.7. The highest BCUT2D eigenvalue weighted by Crippen LogP contribution is 2.37. The third-order valence-corrected chi connectivity index (χ3v) is 8.28. The van der Waals surface area contributed by atoms with Gasteiger partial charge in [0.2, 0.25) is 5.91 Å². The lowest BCUT2D eigenvalue weighted by Gasteiger charge is -2.48. The van der Waals surface area contributed by atoms with Gasteiger partial charge in [0.25, 0.3) is 5.91 Å². The molecule has 194 valence electrons. The first-order valence-corrected chi connectivity index (χ1v) is 14.4. The Labute approximate surface area is 217 Å². The Kier molecular flexibility index (Phi) is 7.05. The zero-order valence-corrected chi connectivity index (χ0v) is 22.5. The summed E-state index contributed by atoms with van der Waals surface area (Å²) in [5.41, 5.74) is 4.76. The van der Waals surface area contributed by atoms with E-state index in [0.29, 0.717) is 23.6 Å². The fourth-order valence-corrected chi connectivity index (χ4v) is 5.70. The quantitative estimate of drug-likeness (QED) is 0.505. The van der Waals surface area contributed by atoms with Crippen molar-refractivity contribution in [2.45, 2.75) is 64.1 Å². The van der Waals surface area contributed by atoms with E-state index < -0.39 is 0 Å². The maximum Gasteiger partial charge on any atom is 0.257 e. The molecule has 2 N–H and O–H groups in total. The van der Waals surface area contributed by atoms with Crippen molar-refractivity contribution >= 4 is 35.1 Å². The maximum absolute atomic E-state index is 13.4. The number of carbonyl (C=O) groups is 2. The van der Waals surface area contributed by atoms with Crippen LogP contribution in [0.25, 0.3) is 0 Å². The van der Waals surface area contributed by atoms with Gasteiger partial charge in [-0.3, -0.25) is 9.59 Å². The van der Waals surface area contributed by atoms with Crippen LogP contribution >= 0.6 is 11.8 Å². The number of benzene rings is 1. The largest absolute Gasteiger partial charge is 0.375 e. The molecular formula is C27H37N5O3S. The highest BCUT2D eigenvalue weighted by atomic mass is 32.2. The fraction of sp³-hybridized carbons (Fsp3) is 0.593. The molecule has 0 radical (unpaired) electrons. The third-order valence-electron chi connectivity index (χ3n) is 7.73. The van der Waals surface area contributed by atoms with Crippen LogP contribution in [0.4, 0.5) is 11.5 Å². The molecule has 1 aliphatic carbocycles. The summed E-state index contributed by atoms with van der Waals surface area (Å²) < 4.78 is 7.45. The smallest absolute Gasteiger partial charge is 0.257 e. The summed E-state index contributed by atoms with van der Waals surface area (Å²) in [6.45, 7) is 6.75. The molecule has 9 heteroatoms. The highest BCUT2D eigenvalue weighted by Gasteiger charge is 2.39. The monoisotopic (exact) mass is 511 g/mol. The zero-order chi connectivity index (χ0) is 25.4. The Hall–Kier alpha value is -2.52. The number of fused-ring (bicyclic) bond motifs is 1. The molecule has 2 aromatic rings. The maximum atomic E-state index is 13.4. The predicted octanol–water partition coefficient (Wildman–Crippen LogP) is 3.80. The standard InChI is InChI=1S/C27H37N5O3S/c1-5-18-12-19(31-15-27(2,16-31)35-3)8-9-20(18)21-13-22-24(26(34)28-21)25(29-23(33)14-36-4)32(30-22)11-10-17-6-7-17/h8-9,12,17,21H,5-7,10-11,13-16H2,1-4H3,(H,28,34)(H,29,33). The number of aromatic nitrogens is 2. The molecule has 3 aliphatic rings. The number of ether oxygens (including phenoxy) is 1. The van der Waals surface area contributed by atoms with Gasteiger partial charge >= 0.3 is 0 Å². The number of aryl methyl sites for hydroxylation is 2. The number of nitrogens with zero attached hydrogens (tertiary/aromatic N) is 3. The van der Waals surface area contributed by atoms with Gasteiger partial charge in [0.15, 0.2) is 0 Å². The normalized spacial score (nSPS) is 20.5. The molecule has 1 unspecified atom stereocenters. The summed E-state index contributed by atoms with van der Waals surface area (Å²) >= 11 is 1.46. The number of amides is 2. The second-order valence-corrected chi connectivity index (χ2v) is 11.4. The van der Waals surface area contributed by atoms with Gasteiger partial charge in [-0.05, 0) is 55.2 Å². The lowest BCUT2D eigenvalue weighted by atomic mass is 9.90. The van der Waals surface area contributed by atoms with E-state index in [1.165, 1.54) is 35.9 Å². The van der Waals surface area contributed by atoms with Crippen molar-refractivity contribution < 1.29 is 14.3 Å². The average molecular weight is 512 g/mol. The number of thioether (sulfide) groups is 1. The van der Waals surface area contributed by atoms with Crippen molar-refractivity contribution in [3.63, 3.8) is 0 Å². The Morgan fingerprint density at radius 3 is 2.78 bits per heavy atom. The van der Waals surface area contributed by atoms with Gasteiger partial charge in [-0.2, -0.15) is 16.9 Å². The van der Waals surface area contributed by atoms with E-state index in [0.717, 1.165) is 49.7 Å². The topological polar surface area (TPSA) is 88.5 Å². The van der Waals surface area contributed by atoms with Crippen LogP contribution in [0.1, 0.15) is 66.3 Å². The van der Waals surface area contributed by atoms with E-state index in [-0.39, 0.29) is 23.5 Å². The molecule has 3 heterocycles.